The number of hydrogen-bond acceptors (Lipinski definition) is 5. The molecule has 3 aromatic heterocycles. The normalized spacial score (nSPS) is 15.8. The molecule has 0 aromatic carbocycles. The van der Waals surface area contributed by atoms with Crippen molar-refractivity contribution < 1.29 is 9.59 Å². The number of aromatic amines is 1. The highest BCUT2D eigenvalue weighted by Gasteiger charge is 2.41. The molecule has 28 heavy (non-hydrogen) atoms. The predicted octanol–water partition coefficient (Wildman–Crippen LogP) is 2.22. The van der Waals surface area contributed by atoms with Gasteiger partial charge in [0.25, 0.3) is 5.91 Å². The molecule has 3 aromatic rings. The second kappa shape index (κ2) is 6.59. The van der Waals surface area contributed by atoms with Crippen LogP contribution in [0, 0.1) is 5.41 Å². The number of hydrogen-bond donors (Lipinski definition) is 2. The molecule has 4 heterocycles. The van der Waals surface area contributed by atoms with Crippen LogP contribution in [0.25, 0.3) is 11.3 Å². The number of carbonyl (C=O) groups is 2. The fraction of sp³-hybridized carbons (Fsp3) is 0.316. The number of nitrogens with one attached hydrogen (secondary N) is 2. The van der Waals surface area contributed by atoms with E-state index in [1.54, 1.807) is 47.4 Å². The second-order valence-corrected chi connectivity index (χ2v) is 7.48. The van der Waals surface area contributed by atoms with Gasteiger partial charge >= 0.3 is 0 Å². The van der Waals surface area contributed by atoms with Crippen LogP contribution in [0.3, 0.4) is 0 Å². The Morgan fingerprint density at radius 1 is 1.32 bits per heavy atom. The standard InChI is InChI=1S/C19H21N7O2/c1-19(2)7-8-26(18(19)28)16-15(11-25(3)24-16)23-17(27)14-6-4-5-13(22-14)12-9-20-21-10-12/h4-6,9-11H,7-8H2,1-3H3,(H,20,21)(H,23,27). The molecule has 1 aliphatic heterocycles. The predicted molar refractivity (Wildman–Crippen MR) is 104 cm³/mol. The fourth-order valence-corrected chi connectivity index (χ4v) is 3.23. The number of amides is 2. The summed E-state index contributed by atoms with van der Waals surface area (Å²) in [6.45, 7) is 4.41. The average Bonchev–Trinajstić information content (AvgIpc) is 3.37. The van der Waals surface area contributed by atoms with E-state index < -0.39 is 5.41 Å². The number of H-pyrrole nitrogens is 1. The molecule has 0 radical (unpaired) electrons. The first-order chi connectivity index (χ1) is 13.3. The zero-order chi connectivity index (χ0) is 19.9. The molecule has 1 fully saturated rings. The van der Waals surface area contributed by atoms with Gasteiger partial charge in [0.2, 0.25) is 5.91 Å². The summed E-state index contributed by atoms with van der Waals surface area (Å²) in [6.07, 6.45) is 5.78. The van der Waals surface area contributed by atoms with Crippen LogP contribution in [0.1, 0.15) is 30.8 Å². The molecular formula is C19H21N7O2. The van der Waals surface area contributed by atoms with Crippen molar-refractivity contribution in [3.63, 3.8) is 0 Å². The van der Waals surface area contributed by atoms with E-state index in [9.17, 15) is 9.59 Å². The van der Waals surface area contributed by atoms with Gasteiger partial charge in [-0.2, -0.15) is 10.2 Å². The molecule has 2 N–H and O–H groups in total. The summed E-state index contributed by atoms with van der Waals surface area (Å²) in [5.74, 6) is 0.0877. The van der Waals surface area contributed by atoms with E-state index in [1.807, 2.05) is 19.9 Å². The van der Waals surface area contributed by atoms with Gasteiger partial charge in [-0.25, -0.2) is 4.98 Å². The lowest BCUT2D eigenvalue weighted by atomic mass is 9.92. The molecule has 0 bridgehead atoms. The number of nitrogens with zero attached hydrogens (tertiary/aromatic N) is 5. The van der Waals surface area contributed by atoms with Gasteiger partial charge in [-0.15, -0.1) is 0 Å². The zero-order valence-electron chi connectivity index (χ0n) is 15.9. The number of rotatable bonds is 4. The van der Waals surface area contributed by atoms with Crippen molar-refractivity contribution in [1.29, 1.82) is 0 Å². The second-order valence-electron chi connectivity index (χ2n) is 7.48. The maximum Gasteiger partial charge on any atom is 0.274 e. The van der Waals surface area contributed by atoms with E-state index in [1.165, 1.54) is 0 Å². The molecule has 2 amide bonds. The summed E-state index contributed by atoms with van der Waals surface area (Å²) in [6, 6.07) is 5.21. The van der Waals surface area contributed by atoms with E-state index in [-0.39, 0.29) is 17.5 Å². The number of carbonyl (C=O) groups excluding carboxylic acids is 2. The molecule has 0 spiro atoms. The van der Waals surface area contributed by atoms with E-state index in [4.69, 9.17) is 0 Å². The quantitative estimate of drug-likeness (QED) is 0.722. The Kier molecular flexibility index (Phi) is 4.21. The minimum atomic E-state index is -0.431. The number of aromatic nitrogens is 5. The van der Waals surface area contributed by atoms with Crippen LogP contribution in [0.5, 0.6) is 0 Å². The van der Waals surface area contributed by atoms with E-state index in [0.29, 0.717) is 23.7 Å². The molecule has 0 saturated carbocycles. The molecule has 1 aliphatic rings. The van der Waals surface area contributed by atoms with Crippen LogP contribution in [0.2, 0.25) is 0 Å². The summed E-state index contributed by atoms with van der Waals surface area (Å²) < 4.78 is 1.58. The van der Waals surface area contributed by atoms with Crippen LogP contribution in [0.15, 0.2) is 36.8 Å². The fourth-order valence-electron chi connectivity index (χ4n) is 3.23. The van der Waals surface area contributed by atoms with Crippen molar-refractivity contribution in [3.05, 3.63) is 42.5 Å². The zero-order valence-corrected chi connectivity index (χ0v) is 15.9. The third-order valence-electron chi connectivity index (χ3n) is 4.87. The Bertz CT molecular complexity index is 1040. The lowest BCUT2D eigenvalue weighted by molar-refractivity contribution is -0.124. The molecular weight excluding hydrogens is 358 g/mol. The topological polar surface area (TPSA) is 109 Å². The van der Waals surface area contributed by atoms with Gasteiger partial charge < -0.3 is 5.32 Å². The smallest absolute Gasteiger partial charge is 0.274 e. The minimum Gasteiger partial charge on any atom is -0.316 e. The average molecular weight is 379 g/mol. The Morgan fingerprint density at radius 3 is 2.82 bits per heavy atom. The third kappa shape index (κ3) is 3.15. The summed E-state index contributed by atoms with van der Waals surface area (Å²) in [5.41, 5.74) is 1.75. The number of pyridine rings is 1. The van der Waals surface area contributed by atoms with Crippen LogP contribution in [-0.4, -0.2) is 43.3 Å². The Morgan fingerprint density at radius 2 is 2.14 bits per heavy atom. The summed E-state index contributed by atoms with van der Waals surface area (Å²) in [4.78, 5) is 31.5. The van der Waals surface area contributed by atoms with Gasteiger partial charge in [0.1, 0.15) is 11.4 Å². The lowest BCUT2D eigenvalue weighted by Gasteiger charge is -2.18. The summed E-state index contributed by atoms with van der Waals surface area (Å²) >= 11 is 0. The largest absolute Gasteiger partial charge is 0.316 e. The van der Waals surface area contributed by atoms with Crippen LogP contribution >= 0.6 is 0 Å². The van der Waals surface area contributed by atoms with Crippen molar-refractivity contribution in [2.75, 3.05) is 16.8 Å². The number of aryl methyl sites for hydroxylation is 1. The van der Waals surface area contributed by atoms with Crippen molar-refractivity contribution in [2.45, 2.75) is 20.3 Å². The molecule has 9 heteroatoms. The Balaban J connectivity index is 1.60. The number of anilines is 2. The van der Waals surface area contributed by atoms with Crippen molar-refractivity contribution in [2.24, 2.45) is 12.5 Å². The minimum absolute atomic E-state index is 0.00165. The Hall–Kier alpha value is -3.49. The maximum absolute atomic E-state index is 12.8. The van der Waals surface area contributed by atoms with E-state index >= 15 is 0 Å². The monoisotopic (exact) mass is 379 g/mol. The van der Waals surface area contributed by atoms with Crippen LogP contribution in [0.4, 0.5) is 11.5 Å². The van der Waals surface area contributed by atoms with Gasteiger partial charge in [-0.05, 0) is 18.6 Å². The highest BCUT2D eigenvalue weighted by Crippen LogP contribution is 2.36. The van der Waals surface area contributed by atoms with Crippen molar-refractivity contribution in [1.82, 2.24) is 25.0 Å². The third-order valence-corrected chi connectivity index (χ3v) is 4.87. The molecule has 144 valence electrons. The molecule has 1 saturated heterocycles. The molecule has 0 aliphatic carbocycles. The first-order valence-electron chi connectivity index (χ1n) is 8.98. The van der Waals surface area contributed by atoms with Crippen LogP contribution < -0.4 is 10.2 Å². The first-order valence-corrected chi connectivity index (χ1v) is 8.98. The highest BCUT2D eigenvalue weighted by atomic mass is 16.2. The summed E-state index contributed by atoms with van der Waals surface area (Å²) in [5, 5.41) is 13.9. The van der Waals surface area contributed by atoms with Gasteiger partial charge in [0.15, 0.2) is 5.82 Å². The van der Waals surface area contributed by atoms with Gasteiger partial charge in [0.05, 0.1) is 18.1 Å². The SMILES string of the molecule is Cn1cc(NC(=O)c2cccc(-c3cn[nH]c3)n2)c(N2CCC(C)(C)C2=O)n1. The van der Waals surface area contributed by atoms with Crippen molar-refractivity contribution >= 4 is 23.3 Å². The molecule has 0 atom stereocenters. The molecule has 4 rings (SSSR count). The highest BCUT2D eigenvalue weighted by molar-refractivity contribution is 6.07. The van der Waals surface area contributed by atoms with Gasteiger partial charge in [0, 0.05) is 30.8 Å². The lowest BCUT2D eigenvalue weighted by Crippen LogP contribution is -2.32. The molecule has 9 nitrogen and oxygen atoms in total. The van der Waals surface area contributed by atoms with E-state index in [2.05, 4.69) is 25.6 Å². The van der Waals surface area contributed by atoms with Gasteiger partial charge in [-0.3, -0.25) is 24.3 Å². The first kappa shape index (κ1) is 17.9. The molecule has 0 unspecified atom stereocenters. The summed E-state index contributed by atoms with van der Waals surface area (Å²) in [7, 11) is 1.75. The Labute approximate surface area is 161 Å². The maximum atomic E-state index is 12.8. The van der Waals surface area contributed by atoms with E-state index in [0.717, 1.165) is 12.0 Å². The van der Waals surface area contributed by atoms with Gasteiger partial charge in [-0.1, -0.05) is 19.9 Å². The van der Waals surface area contributed by atoms with Crippen molar-refractivity contribution in [3.8, 4) is 11.3 Å². The van der Waals surface area contributed by atoms with Crippen LogP contribution in [-0.2, 0) is 11.8 Å².